The third-order valence-corrected chi connectivity index (χ3v) is 6.20. The molecule has 2 atom stereocenters. The molecule has 0 radical (unpaired) electrons. The first kappa shape index (κ1) is 15.0. The number of hydrogen-bond acceptors (Lipinski definition) is 3. The van der Waals surface area contributed by atoms with E-state index in [1.807, 2.05) is 0 Å². The van der Waals surface area contributed by atoms with Crippen molar-refractivity contribution in [2.24, 2.45) is 5.92 Å². The first-order valence-electron chi connectivity index (χ1n) is 8.10. The Hall–Kier alpha value is -0.870. The molecule has 21 heavy (non-hydrogen) atoms. The van der Waals surface area contributed by atoms with Gasteiger partial charge >= 0.3 is 0 Å². The van der Waals surface area contributed by atoms with Crippen molar-refractivity contribution < 1.29 is 4.79 Å². The van der Waals surface area contributed by atoms with Gasteiger partial charge in [0.25, 0.3) is 0 Å². The molecule has 2 saturated heterocycles. The maximum Gasteiger partial charge on any atom is 0.220 e. The zero-order valence-electron chi connectivity index (χ0n) is 13.0. The van der Waals surface area contributed by atoms with E-state index in [1.54, 1.807) is 11.3 Å². The largest absolute Gasteiger partial charge is 0.355 e. The Labute approximate surface area is 131 Å². The summed E-state index contributed by atoms with van der Waals surface area (Å²) in [5.41, 5.74) is 0.0248. The molecular formula is C17H26N2OS. The minimum Gasteiger partial charge on any atom is -0.355 e. The van der Waals surface area contributed by atoms with Crippen LogP contribution in [0.5, 0.6) is 0 Å². The third-order valence-electron chi connectivity index (χ3n) is 4.96. The van der Waals surface area contributed by atoms with E-state index in [0.29, 0.717) is 24.4 Å². The molecule has 2 N–H and O–H groups in total. The highest BCUT2D eigenvalue weighted by atomic mass is 32.1. The monoisotopic (exact) mass is 306 g/mol. The number of carbonyl (C=O) groups is 1. The molecule has 1 aromatic rings. The van der Waals surface area contributed by atoms with Gasteiger partial charge in [-0.1, -0.05) is 19.9 Å². The smallest absolute Gasteiger partial charge is 0.220 e. The lowest BCUT2D eigenvalue weighted by atomic mass is 9.88. The zero-order valence-corrected chi connectivity index (χ0v) is 13.8. The van der Waals surface area contributed by atoms with Crippen molar-refractivity contribution in [1.29, 1.82) is 0 Å². The predicted molar refractivity (Wildman–Crippen MR) is 87.6 cm³/mol. The van der Waals surface area contributed by atoms with E-state index < -0.39 is 0 Å². The van der Waals surface area contributed by atoms with Crippen molar-refractivity contribution in [1.82, 2.24) is 10.6 Å². The molecule has 3 nitrogen and oxygen atoms in total. The van der Waals surface area contributed by atoms with Gasteiger partial charge in [0.15, 0.2) is 0 Å². The van der Waals surface area contributed by atoms with Crippen LogP contribution in [-0.2, 0) is 10.2 Å². The quantitative estimate of drug-likeness (QED) is 0.878. The summed E-state index contributed by atoms with van der Waals surface area (Å²) in [4.78, 5) is 13.6. The summed E-state index contributed by atoms with van der Waals surface area (Å²) >= 11 is 1.77. The van der Waals surface area contributed by atoms with Gasteiger partial charge in [-0.15, -0.1) is 11.3 Å². The lowest BCUT2D eigenvalue weighted by Gasteiger charge is -2.29. The van der Waals surface area contributed by atoms with Gasteiger partial charge in [-0.2, -0.15) is 0 Å². The maximum absolute atomic E-state index is 12.2. The van der Waals surface area contributed by atoms with Crippen molar-refractivity contribution in [3.63, 3.8) is 0 Å². The summed E-state index contributed by atoms with van der Waals surface area (Å²) < 4.78 is 0. The highest BCUT2D eigenvalue weighted by Crippen LogP contribution is 2.32. The number of thiophene rings is 1. The van der Waals surface area contributed by atoms with E-state index in [9.17, 15) is 4.79 Å². The Morgan fingerprint density at radius 3 is 2.71 bits per heavy atom. The molecule has 0 aromatic carbocycles. The summed E-state index contributed by atoms with van der Waals surface area (Å²) in [6.07, 6.45) is 5.66. The SMILES string of the molecule is CC(C)(CNC(=O)CC1CC2CCC(C1)N2)c1cccs1. The topological polar surface area (TPSA) is 41.1 Å². The Kier molecular flexibility index (Phi) is 4.36. The summed E-state index contributed by atoms with van der Waals surface area (Å²) in [6.45, 7) is 5.12. The number of nitrogens with one attached hydrogen (secondary N) is 2. The molecule has 3 heterocycles. The van der Waals surface area contributed by atoms with Crippen LogP contribution in [0.2, 0.25) is 0 Å². The number of amides is 1. The summed E-state index contributed by atoms with van der Waals surface area (Å²) in [5.74, 6) is 0.805. The van der Waals surface area contributed by atoms with Crippen LogP contribution in [0.25, 0.3) is 0 Å². The molecule has 1 aromatic heterocycles. The minimum absolute atomic E-state index is 0.0248. The molecule has 2 aliphatic rings. The molecule has 2 fully saturated rings. The molecule has 2 aliphatic heterocycles. The molecule has 0 spiro atoms. The Morgan fingerprint density at radius 1 is 1.38 bits per heavy atom. The van der Waals surface area contributed by atoms with Gasteiger partial charge in [0.1, 0.15) is 0 Å². The average molecular weight is 306 g/mol. The van der Waals surface area contributed by atoms with Gasteiger partial charge in [0.2, 0.25) is 5.91 Å². The second-order valence-corrected chi connectivity index (χ2v) is 8.27. The average Bonchev–Trinajstić information content (AvgIpc) is 3.07. The van der Waals surface area contributed by atoms with E-state index in [4.69, 9.17) is 0 Å². The zero-order chi connectivity index (χ0) is 14.9. The normalized spacial score (nSPS) is 28.6. The molecular weight excluding hydrogens is 280 g/mol. The predicted octanol–water partition coefficient (Wildman–Crippen LogP) is 3.06. The van der Waals surface area contributed by atoms with Crippen LogP contribution in [0.3, 0.4) is 0 Å². The summed E-state index contributed by atoms with van der Waals surface area (Å²) in [5, 5.41) is 8.89. The van der Waals surface area contributed by atoms with Gasteiger partial charge in [-0.25, -0.2) is 0 Å². The van der Waals surface area contributed by atoms with E-state index in [-0.39, 0.29) is 11.3 Å². The van der Waals surface area contributed by atoms with Crippen molar-refractivity contribution in [2.45, 2.75) is 63.5 Å². The van der Waals surface area contributed by atoms with Crippen molar-refractivity contribution in [3.8, 4) is 0 Å². The molecule has 0 saturated carbocycles. The van der Waals surface area contributed by atoms with E-state index in [2.05, 4.69) is 42.0 Å². The van der Waals surface area contributed by atoms with Gasteiger partial charge in [0, 0.05) is 35.3 Å². The van der Waals surface area contributed by atoms with Gasteiger partial charge in [-0.05, 0) is 43.0 Å². The molecule has 2 unspecified atom stereocenters. The lowest BCUT2D eigenvalue weighted by Crippen LogP contribution is -2.41. The third kappa shape index (κ3) is 3.67. The Morgan fingerprint density at radius 2 is 2.10 bits per heavy atom. The number of fused-ring (bicyclic) bond motifs is 2. The molecule has 116 valence electrons. The van der Waals surface area contributed by atoms with Gasteiger partial charge in [-0.3, -0.25) is 4.79 Å². The Balaban J connectivity index is 1.46. The second kappa shape index (κ2) is 6.09. The van der Waals surface area contributed by atoms with Gasteiger partial charge in [0.05, 0.1) is 0 Å². The van der Waals surface area contributed by atoms with Crippen molar-refractivity contribution >= 4 is 17.2 Å². The highest BCUT2D eigenvalue weighted by molar-refractivity contribution is 7.10. The number of hydrogen-bond donors (Lipinski definition) is 2. The molecule has 2 bridgehead atoms. The summed E-state index contributed by atoms with van der Waals surface area (Å²) in [6, 6.07) is 5.57. The molecule has 4 heteroatoms. The first-order chi connectivity index (χ1) is 10.0. The van der Waals surface area contributed by atoms with E-state index >= 15 is 0 Å². The number of piperidine rings is 1. The number of rotatable bonds is 5. The Bertz CT molecular complexity index is 471. The summed E-state index contributed by atoms with van der Waals surface area (Å²) in [7, 11) is 0. The van der Waals surface area contributed by atoms with Crippen LogP contribution in [-0.4, -0.2) is 24.5 Å². The standard InChI is InChI=1S/C17H26N2OS/c1-17(2,15-4-3-7-21-15)11-18-16(20)10-12-8-13-5-6-14(9-12)19-13/h3-4,7,12-14,19H,5-6,8-11H2,1-2H3,(H,18,20). The van der Waals surface area contributed by atoms with Crippen LogP contribution in [0.1, 0.15) is 50.8 Å². The molecule has 0 aliphatic carbocycles. The van der Waals surface area contributed by atoms with Crippen LogP contribution in [0, 0.1) is 5.92 Å². The van der Waals surface area contributed by atoms with E-state index in [0.717, 1.165) is 6.54 Å². The minimum atomic E-state index is 0.0248. The fraction of sp³-hybridized carbons (Fsp3) is 0.706. The fourth-order valence-electron chi connectivity index (χ4n) is 3.75. The van der Waals surface area contributed by atoms with E-state index in [1.165, 1.54) is 30.6 Å². The molecule has 1 amide bonds. The van der Waals surface area contributed by atoms with Crippen molar-refractivity contribution in [3.05, 3.63) is 22.4 Å². The van der Waals surface area contributed by atoms with Crippen LogP contribution < -0.4 is 10.6 Å². The van der Waals surface area contributed by atoms with Crippen LogP contribution in [0.15, 0.2) is 17.5 Å². The molecule has 3 rings (SSSR count). The fourth-order valence-corrected chi connectivity index (χ4v) is 4.60. The number of carbonyl (C=O) groups excluding carboxylic acids is 1. The lowest BCUT2D eigenvalue weighted by molar-refractivity contribution is -0.122. The van der Waals surface area contributed by atoms with Crippen LogP contribution in [0.4, 0.5) is 0 Å². The maximum atomic E-state index is 12.2. The second-order valence-electron chi connectivity index (χ2n) is 7.32. The first-order valence-corrected chi connectivity index (χ1v) is 8.97. The van der Waals surface area contributed by atoms with Gasteiger partial charge < -0.3 is 10.6 Å². The van der Waals surface area contributed by atoms with Crippen molar-refractivity contribution in [2.75, 3.05) is 6.54 Å². The van der Waals surface area contributed by atoms with Crippen LogP contribution >= 0.6 is 11.3 Å². The highest BCUT2D eigenvalue weighted by Gasteiger charge is 2.34.